The first-order valence-electron chi connectivity index (χ1n) is 7.09. The molecule has 0 saturated heterocycles. The quantitative estimate of drug-likeness (QED) is 0.803. The maximum Gasteiger partial charge on any atom is 0.307 e. The molecule has 0 spiro atoms. The highest BCUT2D eigenvalue weighted by atomic mass is 16.4. The van der Waals surface area contributed by atoms with Gasteiger partial charge in [0.25, 0.3) is 0 Å². The standard InChI is InChI=1S/C16H23NO3/c1-4-13(5-2)11(3)16(20)17-14-8-6-7-12(9-14)10-15(18)19/h6-9,11,13H,4-5,10H2,1-3H3,(H,17,20)(H,18,19). The monoisotopic (exact) mass is 277 g/mol. The van der Waals surface area contributed by atoms with Crippen LogP contribution in [0.4, 0.5) is 5.69 Å². The van der Waals surface area contributed by atoms with E-state index in [2.05, 4.69) is 19.2 Å². The van der Waals surface area contributed by atoms with Gasteiger partial charge in [0.05, 0.1) is 6.42 Å². The molecule has 0 aromatic heterocycles. The largest absolute Gasteiger partial charge is 0.481 e. The number of carboxylic acids is 1. The predicted molar refractivity (Wildman–Crippen MR) is 79.6 cm³/mol. The van der Waals surface area contributed by atoms with Crippen LogP contribution in [0.25, 0.3) is 0 Å². The Morgan fingerprint density at radius 1 is 1.25 bits per heavy atom. The molecule has 4 heteroatoms. The van der Waals surface area contributed by atoms with Crippen molar-refractivity contribution >= 4 is 17.6 Å². The molecule has 0 saturated carbocycles. The number of hydrogen-bond acceptors (Lipinski definition) is 2. The summed E-state index contributed by atoms with van der Waals surface area (Å²) >= 11 is 0. The zero-order valence-electron chi connectivity index (χ0n) is 12.3. The number of carboxylic acid groups (broad SMARTS) is 1. The molecule has 0 bridgehead atoms. The second-order valence-electron chi connectivity index (χ2n) is 5.13. The summed E-state index contributed by atoms with van der Waals surface area (Å²) in [5, 5.41) is 11.6. The number of hydrogen-bond donors (Lipinski definition) is 2. The normalized spacial score (nSPS) is 12.2. The van der Waals surface area contributed by atoms with Crippen LogP contribution in [-0.4, -0.2) is 17.0 Å². The van der Waals surface area contributed by atoms with Gasteiger partial charge >= 0.3 is 5.97 Å². The second kappa shape index (κ2) is 7.68. The minimum Gasteiger partial charge on any atom is -0.481 e. The Morgan fingerprint density at radius 2 is 1.90 bits per heavy atom. The van der Waals surface area contributed by atoms with Crippen molar-refractivity contribution in [3.05, 3.63) is 29.8 Å². The molecule has 20 heavy (non-hydrogen) atoms. The molecule has 1 amide bonds. The summed E-state index contributed by atoms with van der Waals surface area (Å²) in [6.07, 6.45) is 1.92. The number of aliphatic carboxylic acids is 1. The highest BCUT2D eigenvalue weighted by molar-refractivity contribution is 5.92. The Balaban J connectivity index is 2.72. The summed E-state index contributed by atoms with van der Waals surface area (Å²) < 4.78 is 0. The lowest BCUT2D eigenvalue weighted by atomic mass is 9.88. The van der Waals surface area contributed by atoms with Gasteiger partial charge in [-0.2, -0.15) is 0 Å². The van der Waals surface area contributed by atoms with E-state index in [-0.39, 0.29) is 18.2 Å². The molecular formula is C16H23NO3. The van der Waals surface area contributed by atoms with Crippen LogP contribution in [0.15, 0.2) is 24.3 Å². The molecule has 0 aliphatic heterocycles. The SMILES string of the molecule is CCC(CC)C(C)C(=O)Nc1cccc(CC(=O)O)c1. The van der Waals surface area contributed by atoms with Crippen LogP contribution in [-0.2, 0) is 16.0 Å². The summed E-state index contributed by atoms with van der Waals surface area (Å²) in [6, 6.07) is 7.00. The molecule has 1 aromatic carbocycles. The van der Waals surface area contributed by atoms with Gasteiger partial charge in [0.1, 0.15) is 0 Å². The van der Waals surface area contributed by atoms with Crippen molar-refractivity contribution in [2.24, 2.45) is 11.8 Å². The fourth-order valence-electron chi connectivity index (χ4n) is 2.40. The van der Waals surface area contributed by atoms with Crippen molar-refractivity contribution in [1.29, 1.82) is 0 Å². The predicted octanol–water partition coefficient (Wildman–Crippen LogP) is 3.32. The average Bonchev–Trinajstić information content (AvgIpc) is 2.39. The fourth-order valence-corrected chi connectivity index (χ4v) is 2.40. The highest BCUT2D eigenvalue weighted by Crippen LogP contribution is 2.21. The topological polar surface area (TPSA) is 66.4 Å². The van der Waals surface area contributed by atoms with Crippen LogP contribution < -0.4 is 5.32 Å². The van der Waals surface area contributed by atoms with Crippen molar-refractivity contribution in [2.75, 3.05) is 5.32 Å². The van der Waals surface area contributed by atoms with Gasteiger partial charge in [-0.3, -0.25) is 9.59 Å². The molecule has 1 rings (SSSR count). The molecule has 110 valence electrons. The van der Waals surface area contributed by atoms with Crippen molar-refractivity contribution in [1.82, 2.24) is 0 Å². The minimum atomic E-state index is -0.876. The second-order valence-corrected chi connectivity index (χ2v) is 5.13. The number of nitrogens with one attached hydrogen (secondary N) is 1. The molecule has 0 fully saturated rings. The van der Waals surface area contributed by atoms with Crippen LogP contribution in [0, 0.1) is 11.8 Å². The Kier molecular flexibility index (Phi) is 6.22. The van der Waals surface area contributed by atoms with Gasteiger partial charge in [-0.1, -0.05) is 45.7 Å². The van der Waals surface area contributed by atoms with Gasteiger partial charge in [-0.15, -0.1) is 0 Å². The lowest BCUT2D eigenvalue weighted by molar-refractivity contribution is -0.136. The third kappa shape index (κ3) is 4.68. The molecule has 0 aliphatic rings. The summed E-state index contributed by atoms with van der Waals surface area (Å²) in [5.74, 6) is -0.560. The fraction of sp³-hybridized carbons (Fsp3) is 0.500. The number of carbonyl (C=O) groups excluding carboxylic acids is 1. The Morgan fingerprint density at radius 3 is 2.45 bits per heavy atom. The zero-order chi connectivity index (χ0) is 15.1. The highest BCUT2D eigenvalue weighted by Gasteiger charge is 2.21. The third-order valence-corrected chi connectivity index (χ3v) is 3.72. The Hall–Kier alpha value is -1.84. The first-order valence-corrected chi connectivity index (χ1v) is 7.09. The number of anilines is 1. The van der Waals surface area contributed by atoms with E-state index in [0.717, 1.165) is 12.8 Å². The molecule has 0 aliphatic carbocycles. The molecule has 1 atom stereocenters. The van der Waals surface area contributed by atoms with Gasteiger partial charge in [0.2, 0.25) is 5.91 Å². The van der Waals surface area contributed by atoms with Gasteiger partial charge in [0.15, 0.2) is 0 Å². The van der Waals surface area contributed by atoms with Gasteiger partial charge in [0, 0.05) is 11.6 Å². The van der Waals surface area contributed by atoms with Crippen LogP contribution in [0.2, 0.25) is 0 Å². The van der Waals surface area contributed by atoms with E-state index in [0.29, 0.717) is 17.2 Å². The van der Waals surface area contributed by atoms with E-state index in [4.69, 9.17) is 5.11 Å². The first kappa shape index (κ1) is 16.2. The van der Waals surface area contributed by atoms with Crippen molar-refractivity contribution in [3.63, 3.8) is 0 Å². The minimum absolute atomic E-state index is 0.00817. The lowest BCUT2D eigenvalue weighted by Crippen LogP contribution is -2.26. The summed E-state index contributed by atoms with van der Waals surface area (Å²) in [4.78, 5) is 22.9. The maximum absolute atomic E-state index is 12.2. The molecule has 2 N–H and O–H groups in total. The molecule has 4 nitrogen and oxygen atoms in total. The van der Waals surface area contributed by atoms with E-state index in [1.165, 1.54) is 0 Å². The van der Waals surface area contributed by atoms with Crippen LogP contribution in [0.5, 0.6) is 0 Å². The smallest absolute Gasteiger partial charge is 0.307 e. The number of rotatable bonds is 7. The maximum atomic E-state index is 12.2. The van der Waals surface area contributed by atoms with Crippen molar-refractivity contribution in [3.8, 4) is 0 Å². The van der Waals surface area contributed by atoms with Crippen LogP contribution >= 0.6 is 0 Å². The van der Waals surface area contributed by atoms with E-state index in [1.807, 2.05) is 6.92 Å². The summed E-state index contributed by atoms with van der Waals surface area (Å²) in [5.41, 5.74) is 1.34. The zero-order valence-corrected chi connectivity index (χ0v) is 12.3. The molecule has 1 unspecified atom stereocenters. The molecular weight excluding hydrogens is 254 g/mol. The van der Waals surface area contributed by atoms with Crippen LogP contribution in [0.3, 0.4) is 0 Å². The lowest BCUT2D eigenvalue weighted by Gasteiger charge is -2.20. The van der Waals surface area contributed by atoms with E-state index >= 15 is 0 Å². The number of benzene rings is 1. The van der Waals surface area contributed by atoms with Gasteiger partial charge in [-0.05, 0) is 23.6 Å². The first-order chi connectivity index (χ1) is 9.47. The molecule has 1 aromatic rings. The van der Waals surface area contributed by atoms with E-state index < -0.39 is 5.97 Å². The summed E-state index contributed by atoms with van der Waals surface area (Å²) in [7, 11) is 0. The Bertz CT molecular complexity index is 467. The number of carbonyl (C=O) groups is 2. The van der Waals surface area contributed by atoms with E-state index in [1.54, 1.807) is 24.3 Å². The summed E-state index contributed by atoms with van der Waals surface area (Å²) in [6.45, 7) is 6.12. The average molecular weight is 277 g/mol. The molecule has 0 heterocycles. The van der Waals surface area contributed by atoms with Crippen LogP contribution in [0.1, 0.15) is 39.2 Å². The van der Waals surface area contributed by atoms with E-state index in [9.17, 15) is 9.59 Å². The van der Waals surface area contributed by atoms with Crippen molar-refractivity contribution < 1.29 is 14.7 Å². The van der Waals surface area contributed by atoms with Crippen molar-refractivity contribution in [2.45, 2.75) is 40.0 Å². The number of amides is 1. The Labute approximate surface area is 120 Å². The third-order valence-electron chi connectivity index (χ3n) is 3.72. The molecule has 0 radical (unpaired) electrons. The van der Waals surface area contributed by atoms with Gasteiger partial charge in [-0.25, -0.2) is 0 Å². The van der Waals surface area contributed by atoms with Gasteiger partial charge < -0.3 is 10.4 Å².